The van der Waals surface area contributed by atoms with E-state index in [4.69, 9.17) is 19.4 Å². The molecule has 0 spiro atoms. The molecule has 0 aliphatic carbocycles. The Hall–Kier alpha value is -8.15. The highest BCUT2D eigenvalue weighted by atomic mass is 16.3. The summed E-state index contributed by atoms with van der Waals surface area (Å²) in [5.41, 5.74) is 15.0. The monoisotopic (exact) mass is 766 g/mol. The first kappa shape index (κ1) is 33.9. The summed E-state index contributed by atoms with van der Waals surface area (Å²) in [5, 5.41) is 5.64. The Kier molecular flexibility index (Phi) is 7.78. The van der Waals surface area contributed by atoms with Crippen LogP contribution in [0.15, 0.2) is 211 Å². The summed E-state index contributed by atoms with van der Waals surface area (Å²) in [5.74, 6) is 0.676. The Balaban J connectivity index is 1.01. The molecule has 4 aromatic heterocycles. The Morgan fingerprint density at radius 3 is 1.82 bits per heavy atom. The largest absolute Gasteiger partial charge is 0.456 e. The van der Waals surface area contributed by atoms with Gasteiger partial charge >= 0.3 is 0 Å². The van der Waals surface area contributed by atoms with E-state index in [1.54, 1.807) is 0 Å². The van der Waals surface area contributed by atoms with E-state index in [2.05, 4.69) is 174 Å². The van der Waals surface area contributed by atoms with Crippen molar-refractivity contribution in [3.05, 3.63) is 206 Å². The second-order valence-corrected chi connectivity index (χ2v) is 15.2. The molecule has 0 radical (unpaired) electrons. The lowest BCUT2D eigenvalue weighted by atomic mass is 9.97. The van der Waals surface area contributed by atoms with Crippen LogP contribution in [0.1, 0.15) is 0 Å². The predicted molar refractivity (Wildman–Crippen MR) is 246 cm³/mol. The van der Waals surface area contributed by atoms with Gasteiger partial charge in [0.15, 0.2) is 5.82 Å². The normalized spacial score (nSPS) is 11.7. The van der Waals surface area contributed by atoms with Crippen LogP contribution in [-0.4, -0.2) is 19.5 Å². The van der Waals surface area contributed by atoms with Crippen LogP contribution in [0.4, 0.5) is 0 Å². The van der Waals surface area contributed by atoms with Gasteiger partial charge in [0.2, 0.25) is 0 Å². The molecule has 5 nitrogen and oxygen atoms in total. The lowest BCUT2D eigenvalue weighted by Gasteiger charge is -2.13. The van der Waals surface area contributed by atoms with Crippen LogP contribution in [-0.2, 0) is 0 Å². The van der Waals surface area contributed by atoms with E-state index in [0.29, 0.717) is 5.82 Å². The number of rotatable bonds is 6. The highest BCUT2D eigenvalue weighted by Crippen LogP contribution is 2.42. The first-order chi connectivity index (χ1) is 29.7. The molecule has 280 valence electrons. The number of pyridine rings is 1. The second kappa shape index (κ2) is 13.8. The number of aromatic nitrogens is 4. The Labute approximate surface area is 345 Å². The zero-order valence-corrected chi connectivity index (χ0v) is 32.3. The molecule has 0 atom stereocenters. The van der Waals surface area contributed by atoms with Crippen LogP contribution in [0.2, 0.25) is 0 Å². The number of furan rings is 1. The maximum absolute atomic E-state index is 6.25. The zero-order valence-electron chi connectivity index (χ0n) is 32.3. The summed E-state index contributed by atoms with van der Waals surface area (Å²) < 4.78 is 8.64. The Bertz CT molecular complexity index is 3590. The number of benzene rings is 8. The number of para-hydroxylation sites is 3. The maximum Gasteiger partial charge on any atom is 0.160 e. The number of nitrogens with zero attached hydrogens (tertiary/aromatic N) is 4. The van der Waals surface area contributed by atoms with Crippen LogP contribution >= 0.6 is 0 Å². The fraction of sp³-hybridized carbons (Fsp3) is 0. The fourth-order valence-corrected chi connectivity index (χ4v) is 8.86. The van der Waals surface area contributed by atoms with E-state index >= 15 is 0 Å². The maximum atomic E-state index is 6.25. The molecule has 12 rings (SSSR count). The molecule has 4 heterocycles. The van der Waals surface area contributed by atoms with E-state index in [1.165, 1.54) is 5.39 Å². The highest BCUT2D eigenvalue weighted by Gasteiger charge is 2.21. The van der Waals surface area contributed by atoms with Crippen molar-refractivity contribution in [3.63, 3.8) is 0 Å². The standard InChI is InChI=1S/C55H34N4O/c1-3-15-36(16-4-1)53-52-43-22-8-11-26-48(43)59(54(52)42-21-7-10-25-45(42)56-53)40-31-29-35(30-32-40)46-34-47(58-55(57-46)37-17-5-2-6-18-37)39-20-13-19-38(33-39)41-24-14-28-50-51(41)44-23-9-12-27-49(44)60-50/h1-34H. The molecule has 0 saturated heterocycles. The van der Waals surface area contributed by atoms with E-state index in [0.717, 1.165) is 105 Å². The number of hydrogen-bond donors (Lipinski definition) is 0. The number of fused-ring (bicyclic) bond motifs is 8. The molecule has 0 saturated carbocycles. The quantitative estimate of drug-likeness (QED) is 0.169. The van der Waals surface area contributed by atoms with E-state index < -0.39 is 0 Å². The third-order valence-electron chi connectivity index (χ3n) is 11.6. The lowest BCUT2D eigenvalue weighted by molar-refractivity contribution is 0.669. The van der Waals surface area contributed by atoms with Crippen LogP contribution in [0.25, 0.3) is 117 Å². The molecule has 0 bridgehead atoms. The van der Waals surface area contributed by atoms with Gasteiger partial charge in [-0.15, -0.1) is 0 Å². The van der Waals surface area contributed by atoms with Crippen molar-refractivity contribution < 1.29 is 4.42 Å². The molecule has 0 N–H and O–H groups in total. The van der Waals surface area contributed by atoms with Crippen molar-refractivity contribution in [1.29, 1.82) is 0 Å². The van der Waals surface area contributed by atoms with Crippen molar-refractivity contribution in [2.24, 2.45) is 0 Å². The molecule has 0 aliphatic heterocycles. The molecule has 0 aliphatic rings. The molecule has 0 fully saturated rings. The zero-order chi connectivity index (χ0) is 39.6. The molecule has 12 aromatic rings. The van der Waals surface area contributed by atoms with Crippen LogP contribution in [0, 0.1) is 0 Å². The minimum Gasteiger partial charge on any atom is -0.456 e. The summed E-state index contributed by atoms with van der Waals surface area (Å²) in [6.07, 6.45) is 0. The van der Waals surface area contributed by atoms with Gasteiger partial charge in [0, 0.05) is 54.9 Å². The lowest BCUT2D eigenvalue weighted by Crippen LogP contribution is -1.98. The van der Waals surface area contributed by atoms with Crippen LogP contribution < -0.4 is 0 Å². The first-order valence-electron chi connectivity index (χ1n) is 20.2. The van der Waals surface area contributed by atoms with Crippen molar-refractivity contribution in [2.75, 3.05) is 0 Å². The highest BCUT2D eigenvalue weighted by molar-refractivity contribution is 6.22. The van der Waals surface area contributed by atoms with E-state index in [9.17, 15) is 0 Å². The average molecular weight is 767 g/mol. The Morgan fingerprint density at radius 1 is 0.383 bits per heavy atom. The van der Waals surface area contributed by atoms with Gasteiger partial charge in [-0.2, -0.15) is 0 Å². The van der Waals surface area contributed by atoms with Gasteiger partial charge in [-0.05, 0) is 59.7 Å². The van der Waals surface area contributed by atoms with Gasteiger partial charge in [0.05, 0.1) is 33.6 Å². The third-order valence-corrected chi connectivity index (χ3v) is 11.6. The fourth-order valence-electron chi connectivity index (χ4n) is 8.86. The molecule has 8 aromatic carbocycles. The molecular formula is C55H34N4O. The average Bonchev–Trinajstić information content (AvgIpc) is 3.89. The smallest absolute Gasteiger partial charge is 0.160 e. The summed E-state index contributed by atoms with van der Waals surface area (Å²) in [7, 11) is 0. The molecule has 0 unspecified atom stereocenters. The van der Waals surface area contributed by atoms with Crippen LogP contribution in [0.3, 0.4) is 0 Å². The molecule has 5 heteroatoms. The Morgan fingerprint density at radius 2 is 1.00 bits per heavy atom. The van der Waals surface area contributed by atoms with Crippen LogP contribution in [0.5, 0.6) is 0 Å². The summed E-state index contributed by atoms with van der Waals surface area (Å²) in [4.78, 5) is 15.6. The summed E-state index contributed by atoms with van der Waals surface area (Å²) in [6, 6.07) is 71.9. The molecule has 0 amide bonds. The van der Waals surface area contributed by atoms with E-state index in [1.807, 2.05) is 36.4 Å². The summed E-state index contributed by atoms with van der Waals surface area (Å²) in [6.45, 7) is 0. The van der Waals surface area contributed by atoms with Crippen molar-refractivity contribution in [3.8, 4) is 62.0 Å². The second-order valence-electron chi connectivity index (χ2n) is 15.2. The van der Waals surface area contributed by atoms with E-state index in [-0.39, 0.29) is 0 Å². The first-order valence-corrected chi connectivity index (χ1v) is 20.2. The molecule has 60 heavy (non-hydrogen) atoms. The van der Waals surface area contributed by atoms with Gasteiger partial charge in [-0.1, -0.05) is 158 Å². The predicted octanol–water partition coefficient (Wildman–Crippen LogP) is 14.4. The van der Waals surface area contributed by atoms with Crippen molar-refractivity contribution in [1.82, 2.24) is 19.5 Å². The summed E-state index contributed by atoms with van der Waals surface area (Å²) >= 11 is 0. The number of hydrogen-bond acceptors (Lipinski definition) is 4. The molecular weight excluding hydrogens is 733 g/mol. The third kappa shape index (κ3) is 5.52. The minimum atomic E-state index is 0.676. The van der Waals surface area contributed by atoms with Crippen molar-refractivity contribution >= 4 is 54.6 Å². The minimum absolute atomic E-state index is 0.676. The van der Waals surface area contributed by atoms with Gasteiger partial charge in [-0.25, -0.2) is 15.0 Å². The van der Waals surface area contributed by atoms with Crippen molar-refractivity contribution in [2.45, 2.75) is 0 Å². The van der Waals surface area contributed by atoms with Gasteiger partial charge in [0.25, 0.3) is 0 Å². The van der Waals surface area contributed by atoms with Gasteiger partial charge in [-0.3, -0.25) is 0 Å². The van der Waals surface area contributed by atoms with Gasteiger partial charge < -0.3 is 8.98 Å². The van der Waals surface area contributed by atoms with Gasteiger partial charge in [0.1, 0.15) is 11.2 Å². The topological polar surface area (TPSA) is 56.7 Å². The SMILES string of the molecule is c1ccc(-c2nc(-c3ccc(-n4c5ccccc5c5c(-c6ccccc6)nc6ccccc6c54)cc3)cc(-c3cccc(-c4cccc5oc6ccccc6c45)c3)n2)cc1.